The molecule has 6 heteroatoms. The van der Waals surface area contributed by atoms with E-state index in [1.54, 1.807) is 23.9 Å². The van der Waals surface area contributed by atoms with Crippen molar-refractivity contribution >= 4 is 32.9 Å². The zero-order chi connectivity index (χ0) is 17.7. The maximum atomic E-state index is 11.5. The molecule has 25 heavy (non-hydrogen) atoms. The van der Waals surface area contributed by atoms with E-state index in [0.717, 1.165) is 40.1 Å². The van der Waals surface area contributed by atoms with Crippen LogP contribution in [0.2, 0.25) is 0 Å². The number of thioether (sulfide) groups is 1. The van der Waals surface area contributed by atoms with Crippen molar-refractivity contribution in [3.05, 3.63) is 66.0 Å². The molecule has 0 aliphatic heterocycles. The zero-order valence-corrected chi connectivity index (χ0v) is 15.4. The molecule has 0 bridgehead atoms. The molecule has 0 atom stereocenters. The second-order valence-corrected chi connectivity index (χ2v) is 8.94. The summed E-state index contributed by atoms with van der Waals surface area (Å²) in [4.78, 5) is 5.87. The van der Waals surface area contributed by atoms with Crippen LogP contribution in [0.1, 0.15) is 24.1 Å². The molecule has 1 aromatic heterocycles. The number of allylic oxidation sites excluding steroid dienone is 4. The molecule has 1 fully saturated rings. The molecule has 0 saturated heterocycles. The number of hydrogen-bond donors (Lipinski definition) is 1. The number of nitrogens with zero attached hydrogens (tertiary/aromatic N) is 1. The lowest BCUT2D eigenvalue weighted by Gasteiger charge is -2.10. The second kappa shape index (κ2) is 5.83. The predicted molar refractivity (Wildman–Crippen MR) is 101 cm³/mol. The smallest absolute Gasteiger partial charge is 0.238 e. The number of rotatable bonds is 4. The van der Waals surface area contributed by atoms with E-state index in [0.29, 0.717) is 0 Å². The Kier molecular flexibility index (Phi) is 3.86. The molecule has 1 saturated carbocycles. The standard InChI is InChI=1S/C19H18N2O2S2/c1-24-14-4-7-18(21-12-14)17-11-19(8-9-19)10-16(17)13-2-5-15(6-3-13)25(20,22)23/h2-7,10-12H,8-9H2,1H3,(H2,20,22,23). The zero-order valence-electron chi connectivity index (χ0n) is 13.8. The molecule has 1 aromatic carbocycles. The fraction of sp³-hybridized carbons (Fsp3) is 0.211. The lowest BCUT2D eigenvalue weighted by atomic mass is 9.98. The Hall–Kier alpha value is -1.89. The SMILES string of the molecule is CSc1ccc(C2=CC3(C=C2c2ccc(S(N)(=O)=O)cc2)CC3)nc1. The Labute approximate surface area is 151 Å². The molecule has 2 aliphatic carbocycles. The molecule has 4 nitrogen and oxygen atoms in total. The Bertz CT molecular complexity index is 985. The Morgan fingerprint density at radius 2 is 1.72 bits per heavy atom. The van der Waals surface area contributed by atoms with Gasteiger partial charge in [0, 0.05) is 22.1 Å². The number of primary sulfonamides is 1. The van der Waals surface area contributed by atoms with Gasteiger partial charge in [0.2, 0.25) is 10.0 Å². The van der Waals surface area contributed by atoms with E-state index in [1.165, 1.54) is 0 Å². The summed E-state index contributed by atoms with van der Waals surface area (Å²) in [7, 11) is -3.68. The third kappa shape index (κ3) is 3.17. The van der Waals surface area contributed by atoms with Crippen LogP contribution in [0.5, 0.6) is 0 Å². The summed E-state index contributed by atoms with van der Waals surface area (Å²) < 4.78 is 22.9. The number of pyridine rings is 1. The summed E-state index contributed by atoms with van der Waals surface area (Å²) in [5.74, 6) is 0. The molecule has 4 rings (SSSR count). The van der Waals surface area contributed by atoms with Crippen LogP contribution in [0, 0.1) is 5.41 Å². The van der Waals surface area contributed by atoms with E-state index >= 15 is 0 Å². The quantitative estimate of drug-likeness (QED) is 0.833. The molecule has 0 unspecified atom stereocenters. The first kappa shape index (κ1) is 16.6. The monoisotopic (exact) mass is 370 g/mol. The van der Waals surface area contributed by atoms with E-state index in [9.17, 15) is 8.42 Å². The lowest BCUT2D eigenvalue weighted by Crippen LogP contribution is -2.11. The third-order valence-corrected chi connectivity index (χ3v) is 6.37. The highest BCUT2D eigenvalue weighted by molar-refractivity contribution is 7.98. The van der Waals surface area contributed by atoms with Crippen LogP contribution >= 0.6 is 11.8 Å². The van der Waals surface area contributed by atoms with E-state index in [1.807, 2.05) is 30.7 Å². The molecule has 2 aliphatic rings. The summed E-state index contributed by atoms with van der Waals surface area (Å²) in [6.45, 7) is 0. The van der Waals surface area contributed by atoms with Gasteiger partial charge in [0.15, 0.2) is 0 Å². The Morgan fingerprint density at radius 3 is 2.24 bits per heavy atom. The maximum absolute atomic E-state index is 11.5. The van der Waals surface area contributed by atoms with Crippen molar-refractivity contribution in [2.75, 3.05) is 6.26 Å². The van der Waals surface area contributed by atoms with Gasteiger partial charge in [-0.15, -0.1) is 11.8 Å². The summed E-state index contributed by atoms with van der Waals surface area (Å²) in [5.41, 5.74) is 4.32. The number of aromatic nitrogens is 1. The average Bonchev–Trinajstić information content (AvgIpc) is 3.25. The summed E-state index contributed by atoms with van der Waals surface area (Å²) >= 11 is 1.67. The molecule has 2 aromatic rings. The maximum Gasteiger partial charge on any atom is 0.238 e. The minimum Gasteiger partial charge on any atom is -0.255 e. The van der Waals surface area contributed by atoms with Crippen molar-refractivity contribution < 1.29 is 8.42 Å². The molecule has 1 heterocycles. The summed E-state index contributed by atoms with van der Waals surface area (Å²) in [6.07, 6.45) is 10.8. The van der Waals surface area contributed by atoms with Crippen LogP contribution in [0.15, 0.2) is 64.5 Å². The number of hydrogen-bond acceptors (Lipinski definition) is 4. The van der Waals surface area contributed by atoms with E-state index in [4.69, 9.17) is 5.14 Å². The molecule has 0 amide bonds. The number of sulfonamides is 1. The first-order chi connectivity index (χ1) is 11.9. The first-order valence-corrected chi connectivity index (χ1v) is 10.8. The van der Waals surface area contributed by atoms with Gasteiger partial charge in [-0.3, -0.25) is 4.98 Å². The van der Waals surface area contributed by atoms with Crippen LogP contribution < -0.4 is 5.14 Å². The summed E-state index contributed by atoms with van der Waals surface area (Å²) in [5, 5.41) is 5.19. The highest BCUT2D eigenvalue weighted by atomic mass is 32.2. The van der Waals surface area contributed by atoms with Crippen LogP contribution in [-0.2, 0) is 10.0 Å². The second-order valence-electron chi connectivity index (χ2n) is 6.50. The van der Waals surface area contributed by atoms with Crippen LogP contribution in [0.25, 0.3) is 11.1 Å². The minimum atomic E-state index is -3.68. The van der Waals surface area contributed by atoms with Gasteiger partial charge >= 0.3 is 0 Å². The largest absolute Gasteiger partial charge is 0.255 e. The number of nitrogens with two attached hydrogens (primary N) is 1. The van der Waals surface area contributed by atoms with Gasteiger partial charge in [-0.05, 0) is 54.5 Å². The van der Waals surface area contributed by atoms with Crippen molar-refractivity contribution in [1.82, 2.24) is 4.98 Å². The van der Waals surface area contributed by atoms with Gasteiger partial charge < -0.3 is 0 Å². The normalized spacial score (nSPS) is 18.2. The van der Waals surface area contributed by atoms with E-state index in [2.05, 4.69) is 23.2 Å². The van der Waals surface area contributed by atoms with Gasteiger partial charge in [0.1, 0.15) is 0 Å². The fourth-order valence-electron chi connectivity index (χ4n) is 3.14. The van der Waals surface area contributed by atoms with Gasteiger partial charge in [-0.1, -0.05) is 24.3 Å². The van der Waals surface area contributed by atoms with Gasteiger partial charge in [0.05, 0.1) is 10.6 Å². The first-order valence-electron chi connectivity index (χ1n) is 8.00. The Morgan fingerprint density at radius 1 is 1.04 bits per heavy atom. The molecular weight excluding hydrogens is 352 g/mol. The van der Waals surface area contributed by atoms with E-state index in [-0.39, 0.29) is 10.3 Å². The topological polar surface area (TPSA) is 73.1 Å². The predicted octanol–water partition coefficient (Wildman–Crippen LogP) is 3.71. The Balaban J connectivity index is 1.73. The van der Waals surface area contributed by atoms with E-state index < -0.39 is 10.0 Å². The lowest BCUT2D eigenvalue weighted by molar-refractivity contribution is 0.598. The van der Waals surface area contributed by atoms with Crippen molar-refractivity contribution in [1.29, 1.82) is 0 Å². The third-order valence-electron chi connectivity index (χ3n) is 4.72. The van der Waals surface area contributed by atoms with Crippen molar-refractivity contribution in [3.8, 4) is 0 Å². The van der Waals surface area contributed by atoms with Crippen molar-refractivity contribution in [3.63, 3.8) is 0 Å². The molecule has 2 N–H and O–H groups in total. The summed E-state index contributed by atoms with van der Waals surface area (Å²) in [6, 6.07) is 10.9. The molecule has 128 valence electrons. The fourth-order valence-corrected chi connectivity index (χ4v) is 4.02. The highest BCUT2D eigenvalue weighted by Gasteiger charge is 2.43. The van der Waals surface area contributed by atoms with Crippen molar-refractivity contribution in [2.45, 2.75) is 22.6 Å². The van der Waals surface area contributed by atoms with Crippen LogP contribution in [0.3, 0.4) is 0 Å². The minimum absolute atomic E-state index is 0.129. The van der Waals surface area contributed by atoms with Gasteiger partial charge in [-0.25, -0.2) is 13.6 Å². The van der Waals surface area contributed by atoms with Gasteiger partial charge in [0.25, 0.3) is 0 Å². The van der Waals surface area contributed by atoms with Crippen LogP contribution in [0.4, 0.5) is 0 Å². The van der Waals surface area contributed by atoms with Crippen molar-refractivity contribution in [2.24, 2.45) is 10.6 Å². The molecule has 0 radical (unpaired) electrons. The van der Waals surface area contributed by atoms with Crippen LogP contribution in [-0.4, -0.2) is 19.7 Å². The number of benzene rings is 1. The highest BCUT2D eigenvalue weighted by Crippen LogP contribution is 2.57. The average molecular weight is 370 g/mol. The molecule has 1 spiro atoms. The van der Waals surface area contributed by atoms with Gasteiger partial charge in [-0.2, -0.15) is 0 Å². The molecular formula is C19H18N2O2S2.